The highest BCUT2D eigenvalue weighted by Crippen LogP contribution is 2.55. The Morgan fingerprint density at radius 3 is 1.28 bits per heavy atom. The van der Waals surface area contributed by atoms with Crippen molar-refractivity contribution in [2.24, 2.45) is 0 Å². The summed E-state index contributed by atoms with van der Waals surface area (Å²) in [5.41, 5.74) is 11.5. The first-order valence-electron chi connectivity index (χ1n) is 17.5. The molecule has 5 aromatic rings. The highest BCUT2D eigenvalue weighted by Gasteiger charge is 2.38. The van der Waals surface area contributed by atoms with Gasteiger partial charge in [0.05, 0.1) is 13.2 Å². The van der Waals surface area contributed by atoms with Crippen LogP contribution in [0.2, 0.25) is 0 Å². The molecule has 0 N–H and O–H groups in total. The molecule has 50 heavy (non-hydrogen) atoms. The van der Waals surface area contributed by atoms with Crippen LogP contribution in [0, 0.1) is 55.4 Å². The van der Waals surface area contributed by atoms with Crippen molar-refractivity contribution in [1.82, 2.24) is 0 Å². The molecular weight excluding hydrogens is 646 g/mol. The molecule has 4 heteroatoms. The summed E-state index contributed by atoms with van der Waals surface area (Å²) in [5.74, 6) is 0.846. The molecule has 0 fully saturated rings. The monoisotopic (exact) mass is 696 g/mol. The van der Waals surface area contributed by atoms with Gasteiger partial charge in [0.15, 0.2) is 0 Å². The second-order valence-electron chi connectivity index (χ2n) is 14.1. The van der Waals surface area contributed by atoms with Crippen LogP contribution in [-0.4, -0.2) is 20.3 Å². The van der Waals surface area contributed by atoms with Gasteiger partial charge < -0.3 is 9.47 Å². The van der Waals surface area contributed by atoms with Crippen molar-refractivity contribution < 1.29 is 9.47 Å². The predicted molar refractivity (Wildman–Crippen MR) is 219 cm³/mol. The maximum atomic E-state index is 6.46. The Kier molecular flexibility index (Phi) is 11.0. The van der Waals surface area contributed by atoms with Crippen LogP contribution < -0.4 is 31.3 Å². The van der Waals surface area contributed by atoms with E-state index in [1.807, 2.05) is 14.2 Å². The smallest absolute Gasteiger partial charge is 0.123 e. The molecule has 0 radical (unpaired) electrons. The van der Waals surface area contributed by atoms with Crippen LogP contribution >= 0.6 is 15.8 Å². The minimum Gasteiger partial charge on any atom is -0.496 e. The minimum atomic E-state index is -0.949. The number of hydrogen-bond donors (Lipinski definition) is 0. The maximum absolute atomic E-state index is 6.46. The molecule has 2 atom stereocenters. The zero-order valence-electron chi connectivity index (χ0n) is 31.3. The van der Waals surface area contributed by atoms with Gasteiger partial charge in [0, 0.05) is 18.6 Å². The summed E-state index contributed by atoms with van der Waals surface area (Å²) in [6.07, 6.45) is 6.67. The lowest BCUT2D eigenvalue weighted by atomic mass is 9.88. The van der Waals surface area contributed by atoms with Crippen molar-refractivity contribution in [2.75, 3.05) is 14.2 Å². The van der Waals surface area contributed by atoms with Gasteiger partial charge in [0.1, 0.15) is 5.75 Å². The van der Waals surface area contributed by atoms with E-state index in [0.29, 0.717) is 0 Å². The zero-order valence-corrected chi connectivity index (χ0v) is 33.0. The molecule has 0 heterocycles. The fourth-order valence-corrected chi connectivity index (χ4v) is 13.7. The Morgan fingerprint density at radius 2 is 0.900 bits per heavy atom. The first-order chi connectivity index (χ1) is 23.9. The first-order valence-corrected chi connectivity index (χ1v) is 20.2. The number of allylic oxidation sites excluding steroid dienone is 2. The van der Waals surface area contributed by atoms with Gasteiger partial charge in [-0.15, -0.1) is 0 Å². The highest BCUT2D eigenvalue weighted by atomic mass is 31.1. The van der Waals surface area contributed by atoms with Crippen molar-refractivity contribution in [3.63, 3.8) is 0 Å². The molecule has 1 aliphatic rings. The van der Waals surface area contributed by atoms with E-state index in [0.717, 1.165) is 5.75 Å². The SMILES string of the molecule is COc1cccc(P(c2cc(C)cc(C)c2)c2cc(C)cc(C)c2)c1C1C(P(c2cc(C)cc(C)c2)c2cc(C)cc(C)c2)=CC=C[C@H]1OC. The molecule has 0 amide bonds. The first kappa shape index (κ1) is 36.0. The Bertz CT molecular complexity index is 1920. The number of aryl methyl sites for hydroxylation is 8. The van der Waals surface area contributed by atoms with Crippen LogP contribution in [-0.2, 0) is 4.74 Å². The molecule has 0 spiro atoms. The second kappa shape index (κ2) is 15.2. The van der Waals surface area contributed by atoms with E-state index in [4.69, 9.17) is 9.47 Å². The predicted octanol–water partition coefficient (Wildman–Crippen LogP) is 9.61. The number of rotatable bonds is 9. The van der Waals surface area contributed by atoms with Crippen molar-refractivity contribution in [3.8, 4) is 5.75 Å². The molecule has 0 saturated heterocycles. The topological polar surface area (TPSA) is 18.5 Å². The van der Waals surface area contributed by atoms with Gasteiger partial charge in [-0.05, 0) is 109 Å². The molecular formula is C46H50O2P2. The van der Waals surface area contributed by atoms with E-state index in [2.05, 4.69) is 165 Å². The fraction of sp³-hybridized carbons (Fsp3) is 0.261. The maximum Gasteiger partial charge on any atom is 0.123 e. The summed E-state index contributed by atoms with van der Waals surface area (Å²) >= 11 is 0. The summed E-state index contributed by atoms with van der Waals surface area (Å²) in [6, 6.07) is 35.0. The summed E-state index contributed by atoms with van der Waals surface area (Å²) in [4.78, 5) is 0. The van der Waals surface area contributed by atoms with Crippen LogP contribution in [0.5, 0.6) is 5.75 Å². The standard InChI is InChI=1S/C46H50O2P2/c1-29-17-30(2)22-37(21-29)49(38-23-31(3)18-32(4)24-38)43-15-11-13-41(47-9)45(43)46-42(48-10)14-12-16-44(46)50(39-25-33(5)19-34(6)26-39)40-27-35(7)20-36(8)28-40/h11-28,41,45H,1-10H3/t41-,45?/m1/s1. The number of benzene rings is 5. The third-order valence-corrected chi connectivity index (χ3v) is 14.3. The largest absolute Gasteiger partial charge is 0.496 e. The van der Waals surface area contributed by atoms with Crippen LogP contribution in [0.1, 0.15) is 56.0 Å². The van der Waals surface area contributed by atoms with Crippen molar-refractivity contribution in [3.05, 3.63) is 165 Å². The summed E-state index contributed by atoms with van der Waals surface area (Å²) in [6.45, 7) is 17.7. The molecule has 6 rings (SSSR count). The normalized spacial score (nSPS) is 15.9. The van der Waals surface area contributed by atoms with Crippen LogP contribution in [0.3, 0.4) is 0 Å². The van der Waals surface area contributed by atoms with E-state index in [9.17, 15) is 0 Å². The van der Waals surface area contributed by atoms with Crippen molar-refractivity contribution in [1.29, 1.82) is 0 Å². The molecule has 256 valence electrons. The molecule has 0 aliphatic heterocycles. The van der Waals surface area contributed by atoms with Crippen molar-refractivity contribution >= 4 is 42.4 Å². The van der Waals surface area contributed by atoms with E-state index < -0.39 is 15.8 Å². The van der Waals surface area contributed by atoms with Crippen LogP contribution in [0.25, 0.3) is 0 Å². The van der Waals surface area contributed by atoms with E-state index in [1.54, 1.807) is 0 Å². The Hall–Kier alpha value is -3.80. The van der Waals surface area contributed by atoms with Gasteiger partial charge >= 0.3 is 0 Å². The molecule has 0 bridgehead atoms. The lowest BCUT2D eigenvalue weighted by Gasteiger charge is -2.37. The molecule has 5 aromatic carbocycles. The average Bonchev–Trinajstić information content (AvgIpc) is 3.03. The van der Waals surface area contributed by atoms with Crippen molar-refractivity contribution in [2.45, 2.75) is 67.4 Å². The molecule has 1 unspecified atom stereocenters. The molecule has 1 aliphatic carbocycles. The minimum absolute atomic E-state index is 0.0642. The van der Waals surface area contributed by atoms with Gasteiger partial charge in [-0.25, -0.2) is 0 Å². The summed E-state index contributed by atoms with van der Waals surface area (Å²) in [5, 5.41) is 8.14. The van der Waals surface area contributed by atoms with Gasteiger partial charge in [0.25, 0.3) is 0 Å². The Morgan fingerprint density at radius 1 is 0.500 bits per heavy atom. The number of methoxy groups -OCH3 is 2. The number of hydrogen-bond acceptors (Lipinski definition) is 2. The third-order valence-electron chi connectivity index (χ3n) is 9.42. The lowest BCUT2D eigenvalue weighted by Crippen LogP contribution is -2.32. The summed E-state index contributed by atoms with van der Waals surface area (Å²) in [7, 11) is 1.80. The molecule has 0 saturated carbocycles. The van der Waals surface area contributed by atoms with E-state index >= 15 is 0 Å². The van der Waals surface area contributed by atoms with Crippen LogP contribution in [0.15, 0.2) is 115 Å². The third kappa shape index (κ3) is 7.60. The average molecular weight is 697 g/mol. The van der Waals surface area contributed by atoms with E-state index in [-0.39, 0.29) is 12.0 Å². The number of ether oxygens (including phenoxy) is 2. The van der Waals surface area contributed by atoms with Gasteiger partial charge in [0.2, 0.25) is 0 Å². The Balaban J connectivity index is 1.68. The van der Waals surface area contributed by atoms with Gasteiger partial charge in [-0.2, -0.15) is 0 Å². The quantitative estimate of drug-likeness (QED) is 0.143. The van der Waals surface area contributed by atoms with Gasteiger partial charge in [-0.3, -0.25) is 0 Å². The summed E-state index contributed by atoms with van der Waals surface area (Å²) < 4.78 is 12.8. The van der Waals surface area contributed by atoms with Crippen LogP contribution in [0.4, 0.5) is 0 Å². The highest BCUT2D eigenvalue weighted by molar-refractivity contribution is 7.80. The van der Waals surface area contributed by atoms with Gasteiger partial charge in [-0.1, -0.05) is 148 Å². The molecule has 2 nitrogen and oxygen atoms in total. The zero-order chi connectivity index (χ0) is 35.7. The second-order valence-corrected chi connectivity index (χ2v) is 18.5. The lowest BCUT2D eigenvalue weighted by molar-refractivity contribution is 0.126. The Labute approximate surface area is 302 Å². The molecule has 0 aromatic heterocycles. The van der Waals surface area contributed by atoms with E-state index in [1.165, 1.54) is 81.9 Å². The fourth-order valence-electron chi connectivity index (χ4n) is 7.80.